The first-order chi connectivity index (χ1) is 32.0. The number of carbonyl (C=O) groups is 6. The number of nitrogens with zero attached hydrogens (tertiary/aromatic N) is 3. The average molecular weight is 930 g/mol. The van der Waals surface area contributed by atoms with Crippen LogP contribution in [0.2, 0.25) is 0 Å². The molecule has 0 spiro atoms. The lowest BCUT2D eigenvalue weighted by Crippen LogP contribution is -2.52. The van der Waals surface area contributed by atoms with Crippen molar-refractivity contribution in [2.75, 3.05) is 62.5 Å². The summed E-state index contributed by atoms with van der Waals surface area (Å²) in [6.07, 6.45) is 4.18. The van der Waals surface area contributed by atoms with Gasteiger partial charge in [0.2, 0.25) is 23.6 Å². The average Bonchev–Trinajstić information content (AvgIpc) is 4.02. The van der Waals surface area contributed by atoms with Crippen LogP contribution < -0.4 is 26.2 Å². The number of para-hydroxylation sites is 1. The third-order valence-corrected chi connectivity index (χ3v) is 10.9. The molecule has 5 rings (SSSR count). The Morgan fingerprint density at radius 2 is 1.34 bits per heavy atom. The number of rotatable bonds is 14. The van der Waals surface area contributed by atoms with Crippen molar-refractivity contribution >= 4 is 52.9 Å². The first-order valence-corrected chi connectivity index (χ1v) is 23.8. The fourth-order valence-electron chi connectivity index (χ4n) is 7.58. The number of hydrogen-bond acceptors (Lipinski definition) is 9. The number of likely N-dealkylation sites (tertiary alicyclic amines) is 1. The van der Waals surface area contributed by atoms with Crippen LogP contribution in [0.5, 0.6) is 0 Å². The van der Waals surface area contributed by atoms with Gasteiger partial charge in [0.15, 0.2) is 0 Å². The summed E-state index contributed by atoms with van der Waals surface area (Å²) < 4.78 is 9.09. The van der Waals surface area contributed by atoms with E-state index in [0.717, 1.165) is 25.8 Å². The van der Waals surface area contributed by atoms with Crippen LogP contribution in [0.4, 0.5) is 26.7 Å². The molecule has 2 aliphatic heterocycles. The second-order valence-electron chi connectivity index (χ2n) is 17.6. The van der Waals surface area contributed by atoms with Gasteiger partial charge < -0.3 is 45.4 Å². The van der Waals surface area contributed by atoms with Crippen LogP contribution >= 0.6 is 0 Å². The highest BCUT2D eigenvalue weighted by molar-refractivity contribution is 5.98. The SMILES string of the molecule is CC.CCC.CCCN(CC(=O)Nc1ccccc1)C(=O)C(NC(=O)OC)C(C)C.COC(=O)NCC(=O)N1CCCC1C(=O)Nc1ccc(C2CCCN2c2ccc(C(C)(C)C)cc2)cc1. The van der Waals surface area contributed by atoms with Gasteiger partial charge >= 0.3 is 12.2 Å². The Balaban J connectivity index is 0.000000448. The summed E-state index contributed by atoms with van der Waals surface area (Å²) in [5.74, 6) is -1.23. The Hall–Kier alpha value is -6.12. The van der Waals surface area contributed by atoms with E-state index in [1.54, 1.807) is 12.1 Å². The van der Waals surface area contributed by atoms with E-state index in [4.69, 9.17) is 0 Å². The Morgan fingerprint density at radius 1 is 0.761 bits per heavy atom. The van der Waals surface area contributed by atoms with Crippen LogP contribution in [-0.2, 0) is 34.1 Å². The molecule has 0 saturated carbocycles. The molecule has 6 amide bonds. The number of ether oxygens (including phenoxy) is 2. The topological polar surface area (TPSA) is 179 Å². The van der Waals surface area contributed by atoms with Crippen LogP contribution in [0, 0.1) is 5.92 Å². The summed E-state index contributed by atoms with van der Waals surface area (Å²) in [7, 11) is 2.49. The monoisotopic (exact) mass is 930 g/mol. The number of hydrogen-bond donors (Lipinski definition) is 4. The van der Waals surface area contributed by atoms with Gasteiger partial charge in [0, 0.05) is 36.7 Å². The third-order valence-electron chi connectivity index (χ3n) is 10.9. The Bertz CT molecular complexity index is 1970. The summed E-state index contributed by atoms with van der Waals surface area (Å²) in [5.41, 5.74) is 5.30. The molecule has 2 saturated heterocycles. The molecule has 0 aromatic heterocycles. The molecule has 67 heavy (non-hydrogen) atoms. The highest BCUT2D eigenvalue weighted by atomic mass is 16.5. The number of benzene rings is 3. The highest BCUT2D eigenvalue weighted by Gasteiger charge is 2.35. The summed E-state index contributed by atoms with van der Waals surface area (Å²) in [6.45, 7) is 22.2. The minimum Gasteiger partial charge on any atom is -0.453 e. The van der Waals surface area contributed by atoms with Gasteiger partial charge in [-0.1, -0.05) is 118 Å². The maximum Gasteiger partial charge on any atom is 0.407 e. The fraction of sp³-hybridized carbons (Fsp3) is 0.538. The number of carbonyl (C=O) groups excluding carboxylic acids is 6. The molecule has 2 heterocycles. The van der Waals surface area contributed by atoms with Gasteiger partial charge in [-0.25, -0.2) is 9.59 Å². The van der Waals surface area contributed by atoms with E-state index < -0.39 is 24.3 Å². The lowest BCUT2D eigenvalue weighted by Gasteiger charge is -2.29. The van der Waals surface area contributed by atoms with Gasteiger partial charge in [0.1, 0.15) is 18.6 Å². The quantitative estimate of drug-likeness (QED) is 0.123. The smallest absolute Gasteiger partial charge is 0.407 e. The fourth-order valence-corrected chi connectivity index (χ4v) is 7.58. The molecule has 0 aliphatic carbocycles. The van der Waals surface area contributed by atoms with Crippen LogP contribution in [0.1, 0.15) is 125 Å². The Labute approximate surface area is 400 Å². The molecule has 3 aromatic rings. The van der Waals surface area contributed by atoms with Crippen molar-refractivity contribution < 1.29 is 38.2 Å². The molecular weight excluding hydrogens is 851 g/mol. The summed E-state index contributed by atoms with van der Waals surface area (Å²) in [4.78, 5) is 78.7. The second-order valence-corrected chi connectivity index (χ2v) is 17.6. The van der Waals surface area contributed by atoms with E-state index in [0.29, 0.717) is 43.3 Å². The molecule has 2 aliphatic rings. The second kappa shape index (κ2) is 29.5. The van der Waals surface area contributed by atoms with Crippen molar-refractivity contribution in [2.45, 2.75) is 131 Å². The summed E-state index contributed by atoms with van der Waals surface area (Å²) >= 11 is 0. The molecule has 15 nitrogen and oxygen atoms in total. The van der Waals surface area contributed by atoms with Crippen LogP contribution in [-0.4, -0.2) is 105 Å². The van der Waals surface area contributed by atoms with Crippen molar-refractivity contribution in [1.82, 2.24) is 20.4 Å². The van der Waals surface area contributed by atoms with Gasteiger partial charge in [0.25, 0.3) is 0 Å². The molecule has 3 unspecified atom stereocenters. The first-order valence-electron chi connectivity index (χ1n) is 23.8. The zero-order valence-electron chi connectivity index (χ0n) is 42.2. The van der Waals surface area contributed by atoms with E-state index in [1.165, 1.54) is 47.3 Å². The van der Waals surface area contributed by atoms with Gasteiger partial charge in [-0.2, -0.15) is 0 Å². The zero-order valence-corrected chi connectivity index (χ0v) is 42.2. The number of methoxy groups -OCH3 is 2. The van der Waals surface area contributed by atoms with Crippen molar-refractivity contribution in [1.29, 1.82) is 0 Å². The van der Waals surface area contributed by atoms with Crippen LogP contribution in [0.25, 0.3) is 0 Å². The minimum atomic E-state index is -0.747. The van der Waals surface area contributed by atoms with Crippen LogP contribution in [0.15, 0.2) is 78.9 Å². The van der Waals surface area contributed by atoms with Gasteiger partial charge in [0.05, 0.1) is 26.8 Å². The van der Waals surface area contributed by atoms with Crippen molar-refractivity contribution in [3.8, 4) is 0 Å². The van der Waals surface area contributed by atoms with E-state index in [2.05, 4.69) is 107 Å². The Morgan fingerprint density at radius 3 is 1.90 bits per heavy atom. The molecule has 370 valence electrons. The molecule has 15 heteroatoms. The van der Waals surface area contributed by atoms with Crippen molar-refractivity contribution in [2.24, 2.45) is 5.92 Å². The molecule has 0 bridgehead atoms. The zero-order chi connectivity index (χ0) is 50.1. The molecule has 3 atom stereocenters. The van der Waals surface area contributed by atoms with E-state index in [1.807, 2.05) is 65.0 Å². The van der Waals surface area contributed by atoms with E-state index >= 15 is 0 Å². The van der Waals surface area contributed by atoms with E-state index in [9.17, 15) is 28.8 Å². The largest absolute Gasteiger partial charge is 0.453 e. The van der Waals surface area contributed by atoms with Gasteiger partial charge in [-0.3, -0.25) is 19.2 Å². The van der Waals surface area contributed by atoms with Gasteiger partial charge in [-0.15, -0.1) is 0 Å². The van der Waals surface area contributed by atoms with Crippen molar-refractivity contribution in [3.63, 3.8) is 0 Å². The van der Waals surface area contributed by atoms with Gasteiger partial charge in [-0.05, 0) is 91.0 Å². The lowest BCUT2D eigenvalue weighted by molar-refractivity contribution is -0.137. The molecule has 3 aromatic carbocycles. The van der Waals surface area contributed by atoms with Crippen LogP contribution in [0.3, 0.4) is 0 Å². The predicted octanol–water partition coefficient (Wildman–Crippen LogP) is 9.30. The van der Waals surface area contributed by atoms with E-state index in [-0.39, 0.29) is 48.1 Å². The summed E-state index contributed by atoms with van der Waals surface area (Å²) in [6, 6.07) is 25.0. The van der Waals surface area contributed by atoms with Crippen molar-refractivity contribution in [3.05, 3.63) is 90.0 Å². The lowest BCUT2D eigenvalue weighted by atomic mass is 9.87. The third kappa shape index (κ3) is 18.6. The predicted molar refractivity (Wildman–Crippen MR) is 268 cm³/mol. The highest BCUT2D eigenvalue weighted by Crippen LogP contribution is 2.37. The number of nitrogens with one attached hydrogen (secondary N) is 4. The summed E-state index contributed by atoms with van der Waals surface area (Å²) in [5, 5.41) is 10.7. The molecule has 0 radical (unpaired) electrons. The maximum absolute atomic E-state index is 13.0. The Kier molecular flexibility index (Phi) is 25.1. The normalized spacial score (nSPS) is 15.5. The first kappa shape index (κ1) is 57.0. The number of alkyl carbamates (subject to hydrolysis) is 2. The standard InChI is InChI=1S/C29H38N4O4.C18H27N3O4.C3H8.C2H6/c1-29(2,3)21-11-15-23(16-12-21)32-17-5-7-24(32)20-9-13-22(14-10-20)31-27(35)25-8-6-18-33(25)26(34)19-30-28(36)37-4;1-5-11-21(12-15(22)19-14-9-7-6-8-10-14)17(23)16(13(2)3)20-18(24)25-4;1-3-2;1-2/h9-16,24-25H,5-8,17-19H2,1-4H3,(H,30,36)(H,31,35);6-10,13,16H,5,11-12H2,1-4H3,(H,19,22)(H,20,24);3H2,1-2H3;1-2H3. The minimum absolute atomic E-state index is 0.0758. The molecule has 2 fully saturated rings. The number of amides is 6. The number of anilines is 3. The molecule has 4 N–H and O–H groups in total. The maximum atomic E-state index is 13.0. The molecular formula is C52H79N7O8.